The molecule has 1 saturated heterocycles. The summed E-state index contributed by atoms with van der Waals surface area (Å²) in [5.74, 6) is 7.73. The van der Waals surface area contributed by atoms with Crippen molar-refractivity contribution < 1.29 is 0 Å². The van der Waals surface area contributed by atoms with Crippen LogP contribution in [0.4, 0.5) is 11.6 Å². The fourth-order valence-electron chi connectivity index (χ4n) is 3.09. The minimum absolute atomic E-state index is 0.340. The number of nitrogens with one attached hydrogen (secondary N) is 1. The molecule has 0 aliphatic carbocycles. The molecule has 5 nitrogen and oxygen atoms in total. The first-order chi connectivity index (χ1) is 9.10. The quantitative estimate of drug-likeness (QED) is 0.645. The predicted octanol–water partition coefficient (Wildman–Crippen LogP) is 2.65. The molecule has 0 aromatic carbocycles. The highest BCUT2D eigenvalue weighted by Gasteiger charge is 2.33. The first kappa shape index (κ1) is 14.1. The summed E-state index contributed by atoms with van der Waals surface area (Å²) >= 11 is 0. The molecule has 3 N–H and O–H groups in total. The topological polar surface area (TPSA) is 67.1 Å². The number of anilines is 2. The van der Waals surface area contributed by atoms with Crippen molar-refractivity contribution in [3.63, 3.8) is 0 Å². The van der Waals surface area contributed by atoms with E-state index in [1.165, 1.54) is 12.8 Å². The Morgan fingerprint density at radius 3 is 2.74 bits per heavy atom. The summed E-state index contributed by atoms with van der Waals surface area (Å²) in [7, 11) is 0. The molecule has 106 valence electrons. The summed E-state index contributed by atoms with van der Waals surface area (Å²) in [6.45, 7) is 8.83. The van der Waals surface area contributed by atoms with Crippen molar-refractivity contribution in [3.05, 3.63) is 11.9 Å². The maximum Gasteiger partial charge on any atom is 0.148 e. The molecule has 0 bridgehead atoms. The molecule has 1 aliphatic rings. The molecule has 1 aliphatic heterocycles. The van der Waals surface area contributed by atoms with Gasteiger partial charge in [0.2, 0.25) is 0 Å². The van der Waals surface area contributed by atoms with E-state index < -0.39 is 0 Å². The van der Waals surface area contributed by atoms with Gasteiger partial charge in [0.25, 0.3) is 0 Å². The number of hydrogen-bond acceptors (Lipinski definition) is 5. The average Bonchev–Trinajstić information content (AvgIpc) is 2.78. The van der Waals surface area contributed by atoms with Gasteiger partial charge in [-0.05, 0) is 32.1 Å². The largest absolute Gasteiger partial charge is 0.351 e. The molecule has 19 heavy (non-hydrogen) atoms. The summed E-state index contributed by atoms with van der Waals surface area (Å²) in [5, 5.41) is 0. The minimum atomic E-state index is 0.340. The molecule has 2 heterocycles. The van der Waals surface area contributed by atoms with E-state index in [2.05, 4.69) is 48.0 Å². The van der Waals surface area contributed by atoms with Crippen molar-refractivity contribution in [1.82, 2.24) is 9.97 Å². The lowest BCUT2D eigenvalue weighted by molar-refractivity contribution is 0.614. The van der Waals surface area contributed by atoms with Gasteiger partial charge in [0.15, 0.2) is 0 Å². The van der Waals surface area contributed by atoms with E-state index >= 15 is 0 Å². The fourth-order valence-corrected chi connectivity index (χ4v) is 3.09. The highest BCUT2D eigenvalue weighted by molar-refractivity contribution is 5.61. The number of hydrazine groups is 1. The Kier molecular flexibility index (Phi) is 4.24. The maximum atomic E-state index is 5.60. The van der Waals surface area contributed by atoms with E-state index in [0.29, 0.717) is 18.0 Å². The molecule has 0 spiro atoms. The van der Waals surface area contributed by atoms with Crippen LogP contribution in [-0.2, 0) is 0 Å². The molecule has 0 radical (unpaired) electrons. The predicted molar refractivity (Wildman–Crippen MR) is 79.2 cm³/mol. The maximum absolute atomic E-state index is 5.60. The van der Waals surface area contributed by atoms with Crippen LogP contribution in [0, 0.1) is 0 Å². The van der Waals surface area contributed by atoms with E-state index in [9.17, 15) is 0 Å². The van der Waals surface area contributed by atoms with Gasteiger partial charge >= 0.3 is 0 Å². The molecule has 0 saturated carbocycles. The van der Waals surface area contributed by atoms with Gasteiger partial charge in [-0.2, -0.15) is 0 Å². The molecular formula is C14H25N5. The molecule has 2 atom stereocenters. The lowest BCUT2D eigenvalue weighted by Gasteiger charge is -2.32. The standard InChI is InChI=1S/C14H25N5/c1-5-11-7-6-10(4)19(11)14-12(9(2)3)13(18-15)16-8-17-14/h8-11H,5-7,15H2,1-4H3,(H,16,17,18). The van der Waals surface area contributed by atoms with E-state index in [1.807, 2.05) is 0 Å². The first-order valence-corrected chi connectivity index (χ1v) is 7.19. The third kappa shape index (κ3) is 2.52. The monoisotopic (exact) mass is 263 g/mol. The Labute approximate surface area is 115 Å². The van der Waals surface area contributed by atoms with Crippen molar-refractivity contribution in [2.24, 2.45) is 5.84 Å². The van der Waals surface area contributed by atoms with E-state index in [-0.39, 0.29) is 0 Å². The normalized spacial score (nSPS) is 23.2. The van der Waals surface area contributed by atoms with Gasteiger partial charge in [0.1, 0.15) is 18.0 Å². The van der Waals surface area contributed by atoms with Gasteiger partial charge in [0.05, 0.1) is 0 Å². The van der Waals surface area contributed by atoms with Crippen LogP contribution in [0.5, 0.6) is 0 Å². The summed E-state index contributed by atoms with van der Waals surface area (Å²) in [4.78, 5) is 11.3. The van der Waals surface area contributed by atoms with E-state index in [0.717, 1.165) is 23.6 Å². The lowest BCUT2D eigenvalue weighted by Crippen LogP contribution is -2.36. The molecule has 1 aromatic heterocycles. The van der Waals surface area contributed by atoms with Gasteiger partial charge in [-0.25, -0.2) is 15.8 Å². The highest BCUT2D eigenvalue weighted by atomic mass is 15.3. The summed E-state index contributed by atoms with van der Waals surface area (Å²) in [6, 6.07) is 1.11. The van der Waals surface area contributed by atoms with Gasteiger partial charge in [-0.15, -0.1) is 0 Å². The van der Waals surface area contributed by atoms with Crippen LogP contribution in [-0.4, -0.2) is 22.1 Å². The second-order valence-electron chi connectivity index (χ2n) is 5.65. The van der Waals surface area contributed by atoms with E-state index in [4.69, 9.17) is 5.84 Å². The fraction of sp³-hybridized carbons (Fsp3) is 0.714. The second-order valence-corrected chi connectivity index (χ2v) is 5.65. The Hall–Kier alpha value is -1.36. The van der Waals surface area contributed by atoms with Crippen molar-refractivity contribution in [2.75, 3.05) is 10.3 Å². The van der Waals surface area contributed by atoms with Crippen molar-refractivity contribution in [2.45, 2.75) is 65.0 Å². The Morgan fingerprint density at radius 2 is 2.16 bits per heavy atom. The zero-order chi connectivity index (χ0) is 14.0. The smallest absolute Gasteiger partial charge is 0.148 e. The molecule has 1 aromatic rings. The van der Waals surface area contributed by atoms with Crippen LogP contribution in [0.3, 0.4) is 0 Å². The lowest BCUT2D eigenvalue weighted by atomic mass is 10.0. The molecule has 2 unspecified atom stereocenters. The average molecular weight is 263 g/mol. The van der Waals surface area contributed by atoms with E-state index in [1.54, 1.807) is 6.33 Å². The number of nitrogens with two attached hydrogens (primary N) is 1. The van der Waals surface area contributed by atoms with Crippen LogP contribution in [0.15, 0.2) is 6.33 Å². The zero-order valence-corrected chi connectivity index (χ0v) is 12.3. The Balaban J connectivity index is 2.49. The van der Waals surface area contributed by atoms with Crippen LogP contribution in [0.25, 0.3) is 0 Å². The summed E-state index contributed by atoms with van der Waals surface area (Å²) < 4.78 is 0. The van der Waals surface area contributed by atoms with Crippen LogP contribution < -0.4 is 16.2 Å². The van der Waals surface area contributed by atoms with Crippen molar-refractivity contribution >= 4 is 11.6 Å². The SMILES string of the molecule is CCC1CCC(C)N1c1ncnc(NN)c1C(C)C. The molecule has 1 fully saturated rings. The molecule has 0 amide bonds. The summed E-state index contributed by atoms with van der Waals surface area (Å²) in [6.07, 6.45) is 5.22. The number of nitrogens with zero attached hydrogens (tertiary/aromatic N) is 3. The highest BCUT2D eigenvalue weighted by Crippen LogP contribution is 2.37. The van der Waals surface area contributed by atoms with Gasteiger partial charge in [-0.1, -0.05) is 20.8 Å². The number of rotatable bonds is 4. The Morgan fingerprint density at radius 1 is 1.42 bits per heavy atom. The van der Waals surface area contributed by atoms with Gasteiger partial charge < -0.3 is 10.3 Å². The van der Waals surface area contributed by atoms with Crippen molar-refractivity contribution in [1.29, 1.82) is 0 Å². The third-order valence-electron chi connectivity index (χ3n) is 4.08. The van der Waals surface area contributed by atoms with Crippen LogP contribution in [0.2, 0.25) is 0 Å². The number of aromatic nitrogens is 2. The second kappa shape index (κ2) is 5.74. The van der Waals surface area contributed by atoms with Crippen molar-refractivity contribution in [3.8, 4) is 0 Å². The zero-order valence-electron chi connectivity index (χ0n) is 12.3. The van der Waals surface area contributed by atoms with Crippen LogP contribution >= 0.6 is 0 Å². The molecule has 5 heteroatoms. The first-order valence-electron chi connectivity index (χ1n) is 7.19. The number of nitrogen functional groups attached to an aromatic ring is 1. The minimum Gasteiger partial charge on any atom is -0.351 e. The Bertz CT molecular complexity index is 432. The van der Waals surface area contributed by atoms with Crippen LogP contribution in [0.1, 0.15) is 58.4 Å². The van der Waals surface area contributed by atoms with Gasteiger partial charge in [-0.3, -0.25) is 0 Å². The summed E-state index contributed by atoms with van der Waals surface area (Å²) in [5.41, 5.74) is 3.83. The molecule has 2 rings (SSSR count). The molecular weight excluding hydrogens is 238 g/mol. The number of hydrogen-bond donors (Lipinski definition) is 2. The third-order valence-corrected chi connectivity index (χ3v) is 4.08. The van der Waals surface area contributed by atoms with Gasteiger partial charge in [0, 0.05) is 17.6 Å².